The van der Waals surface area contributed by atoms with Crippen LogP contribution in [0.4, 0.5) is 0 Å². The molecule has 1 nitrogen and oxygen atoms in total. The smallest absolute Gasteiger partial charge is 0.0997 e. The van der Waals surface area contributed by atoms with Gasteiger partial charge in [-0.2, -0.15) is 0 Å². The molecule has 2 heteroatoms. The number of aromatic nitrogens is 1. The second kappa shape index (κ2) is 5.60. The molecular weight excluding hydrogens is 178 g/mol. The lowest BCUT2D eigenvalue weighted by Gasteiger charge is -2.03. The quantitative estimate of drug-likeness (QED) is 0.524. The third kappa shape index (κ3) is 3.07. The van der Waals surface area contributed by atoms with Gasteiger partial charge in [-0.3, -0.25) is 0 Å². The summed E-state index contributed by atoms with van der Waals surface area (Å²) in [5.41, 5.74) is 1.24. The number of hydrogen-bond donors (Lipinski definition) is 0. The van der Waals surface area contributed by atoms with Crippen LogP contribution >= 0.6 is 11.8 Å². The zero-order valence-electron chi connectivity index (χ0n) is 7.57. The first-order valence-electron chi connectivity index (χ1n) is 4.17. The maximum Gasteiger partial charge on any atom is 0.0997 e. The summed E-state index contributed by atoms with van der Waals surface area (Å²) in [6.45, 7) is 7.40. The van der Waals surface area contributed by atoms with Crippen molar-refractivity contribution >= 4 is 11.8 Å². The van der Waals surface area contributed by atoms with E-state index in [1.165, 1.54) is 5.56 Å². The fourth-order valence-electron chi connectivity index (χ4n) is 1.00. The van der Waals surface area contributed by atoms with Gasteiger partial charge in [0.2, 0.25) is 0 Å². The Bertz CT molecular complexity index is 294. The molecule has 1 aromatic rings. The van der Waals surface area contributed by atoms with Crippen molar-refractivity contribution in [2.24, 2.45) is 0 Å². The van der Waals surface area contributed by atoms with Gasteiger partial charge in [0.05, 0.1) is 5.03 Å². The Balaban J connectivity index is 2.77. The van der Waals surface area contributed by atoms with E-state index in [2.05, 4.69) is 24.2 Å². The molecule has 0 radical (unpaired) electrons. The zero-order chi connectivity index (χ0) is 9.52. The minimum Gasteiger partial charge on any atom is -0.250 e. The molecule has 0 N–H and O–H groups in total. The molecule has 1 aromatic heterocycles. The van der Waals surface area contributed by atoms with Crippen molar-refractivity contribution in [2.45, 2.75) is 11.4 Å². The minimum absolute atomic E-state index is 0.882. The lowest BCUT2D eigenvalue weighted by molar-refractivity contribution is 1.04. The van der Waals surface area contributed by atoms with Gasteiger partial charge in [0.25, 0.3) is 0 Å². The second-order valence-corrected chi connectivity index (χ2v) is 3.57. The van der Waals surface area contributed by atoms with Gasteiger partial charge in [0, 0.05) is 11.9 Å². The highest BCUT2D eigenvalue weighted by Gasteiger charge is 2.00. The minimum atomic E-state index is 0.882. The summed E-state index contributed by atoms with van der Waals surface area (Å²) in [5, 5.41) is 1.09. The summed E-state index contributed by atoms with van der Waals surface area (Å²) >= 11 is 1.71. The van der Waals surface area contributed by atoms with Crippen LogP contribution in [-0.4, -0.2) is 10.7 Å². The first-order chi connectivity index (χ1) is 6.38. The van der Waals surface area contributed by atoms with Crippen molar-refractivity contribution < 1.29 is 0 Å². The molecule has 0 aliphatic heterocycles. The Kier molecular flexibility index (Phi) is 4.33. The van der Waals surface area contributed by atoms with Crippen LogP contribution in [0, 0.1) is 0 Å². The van der Waals surface area contributed by atoms with E-state index >= 15 is 0 Å². The number of thioether (sulfide) groups is 1. The molecule has 1 heterocycles. The maximum atomic E-state index is 4.30. The fourth-order valence-corrected chi connectivity index (χ4v) is 1.75. The van der Waals surface area contributed by atoms with E-state index in [-0.39, 0.29) is 0 Å². The topological polar surface area (TPSA) is 12.9 Å². The maximum absolute atomic E-state index is 4.30. The molecule has 0 unspecified atom stereocenters. The van der Waals surface area contributed by atoms with Gasteiger partial charge in [-0.05, 0) is 18.1 Å². The number of rotatable bonds is 5. The highest BCUT2D eigenvalue weighted by molar-refractivity contribution is 7.99. The molecule has 0 atom stereocenters. The Morgan fingerprint density at radius 3 is 2.92 bits per heavy atom. The molecule has 0 spiro atoms. The van der Waals surface area contributed by atoms with Crippen molar-refractivity contribution in [3.63, 3.8) is 0 Å². The summed E-state index contributed by atoms with van der Waals surface area (Å²) < 4.78 is 0. The lowest BCUT2D eigenvalue weighted by atomic mass is 10.2. The van der Waals surface area contributed by atoms with Crippen molar-refractivity contribution in [1.29, 1.82) is 0 Å². The molecule has 0 saturated heterocycles. The predicted molar refractivity (Wildman–Crippen MR) is 59.1 cm³/mol. The van der Waals surface area contributed by atoms with Crippen LogP contribution in [0.3, 0.4) is 0 Å². The highest BCUT2D eigenvalue weighted by Crippen LogP contribution is 2.20. The molecular formula is C11H13NS. The molecule has 0 amide bonds. The summed E-state index contributed by atoms with van der Waals surface area (Å²) in [6.07, 6.45) is 6.48. The van der Waals surface area contributed by atoms with Crippen molar-refractivity contribution in [3.8, 4) is 0 Å². The van der Waals surface area contributed by atoms with Crippen LogP contribution in [0.25, 0.3) is 0 Å². The van der Waals surface area contributed by atoms with E-state index < -0.39 is 0 Å². The van der Waals surface area contributed by atoms with Gasteiger partial charge in [-0.25, -0.2) is 4.98 Å². The second-order valence-electron chi connectivity index (χ2n) is 2.56. The normalized spacial score (nSPS) is 9.54. The van der Waals surface area contributed by atoms with Crippen LogP contribution in [0.1, 0.15) is 5.56 Å². The van der Waals surface area contributed by atoms with Crippen LogP contribution in [0.15, 0.2) is 48.7 Å². The van der Waals surface area contributed by atoms with Crippen LogP contribution in [0.5, 0.6) is 0 Å². The molecule has 13 heavy (non-hydrogen) atoms. The van der Waals surface area contributed by atoms with Gasteiger partial charge >= 0.3 is 0 Å². The van der Waals surface area contributed by atoms with E-state index in [0.29, 0.717) is 0 Å². The number of allylic oxidation sites excluding steroid dienone is 1. The highest BCUT2D eigenvalue weighted by atomic mass is 32.2. The zero-order valence-corrected chi connectivity index (χ0v) is 8.39. The van der Waals surface area contributed by atoms with Crippen LogP contribution in [0.2, 0.25) is 0 Å². The Labute approximate surface area is 83.6 Å². The van der Waals surface area contributed by atoms with E-state index in [9.17, 15) is 0 Å². The van der Waals surface area contributed by atoms with Gasteiger partial charge < -0.3 is 0 Å². The van der Waals surface area contributed by atoms with Crippen LogP contribution in [-0.2, 0) is 6.42 Å². The first kappa shape index (κ1) is 10.1. The Morgan fingerprint density at radius 1 is 1.38 bits per heavy atom. The summed E-state index contributed by atoms with van der Waals surface area (Å²) in [6, 6.07) is 4.04. The summed E-state index contributed by atoms with van der Waals surface area (Å²) in [5.74, 6) is 0.904. The van der Waals surface area contributed by atoms with Crippen LogP contribution < -0.4 is 0 Å². The average Bonchev–Trinajstić information content (AvgIpc) is 2.17. The first-order valence-corrected chi connectivity index (χ1v) is 5.15. The lowest BCUT2D eigenvalue weighted by Crippen LogP contribution is -1.89. The van der Waals surface area contributed by atoms with E-state index in [1.807, 2.05) is 24.4 Å². The van der Waals surface area contributed by atoms with Gasteiger partial charge in [-0.15, -0.1) is 24.9 Å². The van der Waals surface area contributed by atoms with E-state index in [0.717, 1.165) is 17.2 Å². The monoisotopic (exact) mass is 191 g/mol. The fraction of sp³-hybridized carbons (Fsp3) is 0.182. The largest absolute Gasteiger partial charge is 0.250 e. The number of hydrogen-bond acceptors (Lipinski definition) is 2. The molecule has 0 saturated carbocycles. The number of pyridine rings is 1. The molecule has 1 rings (SSSR count). The molecule has 0 aromatic carbocycles. The Hall–Kier alpha value is -1.02. The SMILES string of the molecule is C=CCSc1ncccc1CC=C. The molecule has 0 fully saturated rings. The molecule has 68 valence electrons. The third-order valence-corrected chi connectivity index (χ3v) is 2.60. The van der Waals surface area contributed by atoms with Gasteiger partial charge in [0.15, 0.2) is 0 Å². The van der Waals surface area contributed by atoms with E-state index in [4.69, 9.17) is 0 Å². The van der Waals surface area contributed by atoms with Crippen molar-refractivity contribution in [2.75, 3.05) is 5.75 Å². The predicted octanol–water partition coefficient (Wildman–Crippen LogP) is 3.09. The van der Waals surface area contributed by atoms with Crippen molar-refractivity contribution in [1.82, 2.24) is 4.98 Å². The average molecular weight is 191 g/mol. The van der Waals surface area contributed by atoms with E-state index in [1.54, 1.807) is 11.8 Å². The molecule has 0 aliphatic rings. The number of nitrogens with zero attached hydrogens (tertiary/aromatic N) is 1. The van der Waals surface area contributed by atoms with Gasteiger partial charge in [0.1, 0.15) is 0 Å². The standard InChI is InChI=1S/C11H13NS/c1-3-6-10-7-5-8-12-11(10)13-9-4-2/h3-5,7-8H,1-2,6,9H2. The van der Waals surface area contributed by atoms with Crippen molar-refractivity contribution in [3.05, 3.63) is 49.2 Å². The summed E-state index contributed by atoms with van der Waals surface area (Å²) in [4.78, 5) is 4.30. The third-order valence-electron chi connectivity index (χ3n) is 1.55. The Morgan fingerprint density at radius 2 is 2.23 bits per heavy atom. The molecule has 0 bridgehead atoms. The van der Waals surface area contributed by atoms with Gasteiger partial charge in [-0.1, -0.05) is 18.2 Å². The summed E-state index contributed by atoms with van der Waals surface area (Å²) in [7, 11) is 0. The molecule has 0 aliphatic carbocycles.